The number of hydrogen-bond acceptors (Lipinski definition) is 2. The molecule has 1 fully saturated rings. The number of nitrogens with one attached hydrogen (secondary N) is 1. The van der Waals surface area contributed by atoms with Crippen LogP contribution in [0.4, 0.5) is 13.2 Å². The van der Waals surface area contributed by atoms with E-state index >= 15 is 0 Å². The molecular formula is C6H12ClF3N2. The summed E-state index contributed by atoms with van der Waals surface area (Å²) >= 11 is 0. The van der Waals surface area contributed by atoms with Gasteiger partial charge >= 0.3 is 6.18 Å². The van der Waals surface area contributed by atoms with Gasteiger partial charge in [-0.05, 0) is 14.1 Å². The van der Waals surface area contributed by atoms with Crippen molar-refractivity contribution in [1.82, 2.24) is 10.2 Å². The molecule has 1 aliphatic rings. The van der Waals surface area contributed by atoms with Crippen LogP contribution in [0.3, 0.4) is 0 Å². The summed E-state index contributed by atoms with van der Waals surface area (Å²) in [6, 6.07) is 0. The topological polar surface area (TPSA) is 15.3 Å². The van der Waals surface area contributed by atoms with E-state index in [2.05, 4.69) is 5.32 Å². The Bertz CT molecular complexity index is 153. The van der Waals surface area contributed by atoms with E-state index in [-0.39, 0.29) is 25.5 Å². The third-order valence-electron chi connectivity index (χ3n) is 2.22. The van der Waals surface area contributed by atoms with Crippen molar-refractivity contribution in [2.45, 2.75) is 11.7 Å². The molecule has 0 atom stereocenters. The van der Waals surface area contributed by atoms with E-state index in [1.807, 2.05) is 0 Å². The van der Waals surface area contributed by atoms with E-state index in [1.54, 1.807) is 0 Å². The summed E-state index contributed by atoms with van der Waals surface area (Å²) < 4.78 is 37.0. The van der Waals surface area contributed by atoms with Crippen molar-refractivity contribution in [2.75, 3.05) is 27.2 Å². The molecule has 0 unspecified atom stereocenters. The van der Waals surface area contributed by atoms with Gasteiger partial charge in [0, 0.05) is 13.1 Å². The van der Waals surface area contributed by atoms with Gasteiger partial charge in [-0.3, -0.25) is 4.90 Å². The van der Waals surface area contributed by atoms with Crippen LogP contribution in [0, 0.1) is 0 Å². The second-order valence-corrected chi connectivity index (χ2v) is 3.03. The first-order valence-electron chi connectivity index (χ1n) is 3.35. The Hall–Kier alpha value is 0. The molecule has 6 heteroatoms. The van der Waals surface area contributed by atoms with Crippen LogP contribution < -0.4 is 5.32 Å². The largest absolute Gasteiger partial charge is 0.409 e. The van der Waals surface area contributed by atoms with Crippen LogP contribution in [-0.4, -0.2) is 43.8 Å². The SMILES string of the molecule is CN(C)C1(C(F)(F)F)CNC1.Cl. The molecule has 1 aliphatic heterocycles. The maximum absolute atomic E-state index is 12.3. The maximum Gasteiger partial charge on any atom is 0.409 e. The van der Waals surface area contributed by atoms with Gasteiger partial charge in [0.2, 0.25) is 0 Å². The van der Waals surface area contributed by atoms with E-state index in [1.165, 1.54) is 19.0 Å². The van der Waals surface area contributed by atoms with Crippen molar-refractivity contribution < 1.29 is 13.2 Å². The van der Waals surface area contributed by atoms with Gasteiger partial charge in [-0.2, -0.15) is 13.2 Å². The van der Waals surface area contributed by atoms with Crippen LogP contribution >= 0.6 is 12.4 Å². The van der Waals surface area contributed by atoms with Gasteiger partial charge in [0.05, 0.1) is 0 Å². The quantitative estimate of drug-likeness (QED) is 0.682. The molecule has 12 heavy (non-hydrogen) atoms. The van der Waals surface area contributed by atoms with Crippen LogP contribution in [0.1, 0.15) is 0 Å². The number of rotatable bonds is 1. The Labute approximate surface area is 75.5 Å². The van der Waals surface area contributed by atoms with Crippen LogP contribution in [0.2, 0.25) is 0 Å². The molecule has 74 valence electrons. The van der Waals surface area contributed by atoms with Gasteiger partial charge in [-0.25, -0.2) is 0 Å². The number of hydrogen-bond donors (Lipinski definition) is 1. The van der Waals surface area contributed by atoms with Crippen molar-refractivity contribution in [1.29, 1.82) is 0 Å². The second-order valence-electron chi connectivity index (χ2n) is 3.03. The lowest BCUT2D eigenvalue weighted by Gasteiger charge is -2.48. The summed E-state index contributed by atoms with van der Waals surface area (Å²) in [5, 5.41) is 2.63. The van der Waals surface area contributed by atoms with Crippen LogP contribution in [0.5, 0.6) is 0 Å². The molecule has 0 amide bonds. The molecule has 1 N–H and O–H groups in total. The molecular weight excluding hydrogens is 193 g/mol. The van der Waals surface area contributed by atoms with Gasteiger partial charge in [0.15, 0.2) is 0 Å². The molecule has 0 aromatic rings. The smallest absolute Gasteiger partial charge is 0.312 e. The minimum Gasteiger partial charge on any atom is -0.312 e. The van der Waals surface area contributed by atoms with Crippen molar-refractivity contribution in [2.24, 2.45) is 0 Å². The number of likely N-dealkylation sites (N-methyl/N-ethyl adjacent to an activating group) is 1. The molecule has 1 rings (SSSR count). The average molecular weight is 205 g/mol. The van der Waals surface area contributed by atoms with Crippen LogP contribution in [0.15, 0.2) is 0 Å². The molecule has 0 aromatic heterocycles. The standard InChI is InChI=1S/C6H11F3N2.ClH/c1-11(2)5(3-10-4-5)6(7,8)9;/h10H,3-4H2,1-2H3;1H. The zero-order valence-corrected chi connectivity index (χ0v) is 7.72. The third kappa shape index (κ3) is 1.53. The van der Waals surface area contributed by atoms with Gasteiger partial charge in [-0.1, -0.05) is 0 Å². The molecule has 0 aliphatic carbocycles. The monoisotopic (exact) mass is 204 g/mol. The molecule has 0 bridgehead atoms. The van der Waals surface area contributed by atoms with Gasteiger partial charge < -0.3 is 5.32 Å². The van der Waals surface area contributed by atoms with E-state index in [4.69, 9.17) is 0 Å². The Morgan fingerprint density at radius 1 is 1.25 bits per heavy atom. The lowest BCUT2D eigenvalue weighted by atomic mass is 9.90. The third-order valence-corrected chi connectivity index (χ3v) is 2.22. The van der Waals surface area contributed by atoms with Crippen molar-refractivity contribution >= 4 is 12.4 Å². The predicted octanol–water partition coefficient (Wildman–Crippen LogP) is 0.874. The fourth-order valence-electron chi connectivity index (χ4n) is 1.13. The van der Waals surface area contributed by atoms with Crippen LogP contribution in [0.25, 0.3) is 0 Å². The highest BCUT2D eigenvalue weighted by Crippen LogP contribution is 2.36. The normalized spacial score (nSPS) is 21.5. The lowest BCUT2D eigenvalue weighted by Crippen LogP contribution is -2.74. The summed E-state index contributed by atoms with van der Waals surface area (Å²) in [5.74, 6) is 0. The second kappa shape index (κ2) is 3.40. The number of alkyl halides is 3. The molecule has 0 spiro atoms. The summed E-state index contributed by atoms with van der Waals surface area (Å²) in [4.78, 5) is 1.23. The maximum atomic E-state index is 12.3. The molecule has 2 nitrogen and oxygen atoms in total. The zero-order valence-electron chi connectivity index (χ0n) is 6.90. The number of halogens is 4. The first-order chi connectivity index (χ1) is 4.90. The zero-order chi connectivity index (χ0) is 8.70. The summed E-state index contributed by atoms with van der Waals surface area (Å²) in [6.45, 7) is 0.00694. The first-order valence-corrected chi connectivity index (χ1v) is 3.35. The van der Waals surface area contributed by atoms with Gasteiger partial charge in [0.1, 0.15) is 5.54 Å². The Kier molecular flexibility index (Phi) is 3.40. The fourth-order valence-corrected chi connectivity index (χ4v) is 1.13. The molecule has 0 radical (unpaired) electrons. The average Bonchev–Trinajstić information content (AvgIpc) is 1.52. The highest BCUT2D eigenvalue weighted by Gasteiger charge is 2.60. The highest BCUT2D eigenvalue weighted by molar-refractivity contribution is 5.85. The van der Waals surface area contributed by atoms with Gasteiger partial charge in [0.25, 0.3) is 0 Å². The Balaban J connectivity index is 0.00000121. The fraction of sp³-hybridized carbons (Fsp3) is 1.00. The van der Waals surface area contributed by atoms with Crippen molar-refractivity contribution in [3.05, 3.63) is 0 Å². The Morgan fingerprint density at radius 3 is 1.67 bits per heavy atom. The molecule has 1 heterocycles. The molecule has 0 aromatic carbocycles. The van der Waals surface area contributed by atoms with Crippen molar-refractivity contribution in [3.8, 4) is 0 Å². The number of nitrogens with zero attached hydrogens (tertiary/aromatic N) is 1. The Morgan fingerprint density at radius 2 is 1.67 bits per heavy atom. The van der Waals surface area contributed by atoms with Gasteiger partial charge in [-0.15, -0.1) is 12.4 Å². The predicted molar refractivity (Wildman–Crippen MR) is 42.6 cm³/mol. The van der Waals surface area contributed by atoms with Crippen LogP contribution in [-0.2, 0) is 0 Å². The lowest BCUT2D eigenvalue weighted by molar-refractivity contribution is -0.239. The van der Waals surface area contributed by atoms with E-state index < -0.39 is 11.7 Å². The first kappa shape index (κ1) is 12.0. The molecule has 0 saturated carbocycles. The van der Waals surface area contributed by atoms with E-state index in [0.29, 0.717) is 0 Å². The minimum absolute atomic E-state index is 0. The van der Waals surface area contributed by atoms with E-state index in [0.717, 1.165) is 0 Å². The minimum atomic E-state index is -4.12. The van der Waals surface area contributed by atoms with Crippen molar-refractivity contribution in [3.63, 3.8) is 0 Å². The van der Waals surface area contributed by atoms with E-state index in [9.17, 15) is 13.2 Å². The summed E-state index contributed by atoms with van der Waals surface area (Å²) in [6.07, 6.45) is -4.12. The summed E-state index contributed by atoms with van der Waals surface area (Å²) in [5.41, 5.74) is -1.62. The highest BCUT2D eigenvalue weighted by atomic mass is 35.5. The molecule has 1 saturated heterocycles. The summed E-state index contributed by atoms with van der Waals surface area (Å²) in [7, 11) is 2.91.